The van der Waals surface area contributed by atoms with E-state index in [9.17, 15) is 34.0 Å². The van der Waals surface area contributed by atoms with Gasteiger partial charge in [0.15, 0.2) is 11.9 Å². The smallest absolute Gasteiger partial charge is 0.437 e. The molecule has 1 fully saturated rings. The summed E-state index contributed by atoms with van der Waals surface area (Å²) in [5, 5.41) is 20.6. The van der Waals surface area contributed by atoms with Gasteiger partial charge < -0.3 is 30.2 Å². The van der Waals surface area contributed by atoms with Crippen molar-refractivity contribution in [3.8, 4) is 0 Å². The fourth-order valence-corrected chi connectivity index (χ4v) is 4.03. The lowest BCUT2D eigenvalue weighted by atomic mass is 9.98. The Labute approximate surface area is 234 Å². The van der Waals surface area contributed by atoms with Gasteiger partial charge in [0.1, 0.15) is 23.5 Å². The summed E-state index contributed by atoms with van der Waals surface area (Å²) in [6.45, 7) is 6.92. The number of amides is 1. The summed E-state index contributed by atoms with van der Waals surface area (Å²) in [6, 6.07) is 0. The number of carbonyl (C=O) groups is 3. The Kier molecular flexibility index (Phi) is 11.0. The summed E-state index contributed by atoms with van der Waals surface area (Å²) in [5.41, 5.74) is 1.51. The molecule has 2 rings (SSSR count). The topological polar surface area (TPSA) is 225 Å². The summed E-state index contributed by atoms with van der Waals surface area (Å²) >= 11 is 5.84. The predicted octanol–water partition coefficient (Wildman–Crippen LogP) is 0.866. The molecule has 1 aliphatic heterocycles. The molecule has 0 saturated carbocycles. The second-order valence-electron chi connectivity index (χ2n) is 10.6. The lowest BCUT2D eigenvalue weighted by molar-refractivity contribution is -0.163. The second-order valence-corrected chi connectivity index (χ2v) is 12.7. The number of carbonyl (C=O) groups excluding carboxylic acids is 3. The summed E-state index contributed by atoms with van der Waals surface area (Å²) in [7, 11) is -4.65. The first-order valence-electron chi connectivity index (χ1n) is 11.7. The van der Waals surface area contributed by atoms with Crippen LogP contribution in [0.5, 0.6) is 0 Å². The van der Waals surface area contributed by atoms with Crippen LogP contribution >= 0.6 is 19.4 Å². The Morgan fingerprint density at radius 1 is 1.02 bits per heavy atom. The molecule has 4 unspecified atom stereocenters. The van der Waals surface area contributed by atoms with Gasteiger partial charge in [0, 0.05) is 6.20 Å². The summed E-state index contributed by atoms with van der Waals surface area (Å²) in [6.07, 6.45) is -5.55. The van der Waals surface area contributed by atoms with E-state index in [0.29, 0.717) is 4.57 Å². The summed E-state index contributed by atoms with van der Waals surface area (Å²) in [4.78, 5) is 51.7. The van der Waals surface area contributed by atoms with Gasteiger partial charge in [0.25, 0.3) is 11.5 Å². The van der Waals surface area contributed by atoms with E-state index in [1.165, 1.54) is 0 Å². The third-order valence-electron chi connectivity index (χ3n) is 5.17. The van der Waals surface area contributed by atoms with Crippen LogP contribution in [0.25, 0.3) is 0 Å². The van der Waals surface area contributed by atoms with Crippen LogP contribution in [0.15, 0.2) is 11.0 Å². The van der Waals surface area contributed by atoms with Crippen molar-refractivity contribution in [2.75, 3.05) is 20.2 Å². The molecule has 18 heteroatoms. The number of primary amides is 1. The van der Waals surface area contributed by atoms with Gasteiger partial charge in [0.05, 0.1) is 17.4 Å². The number of hydrogen-bond acceptors (Lipinski definition) is 14. The largest absolute Gasteiger partial charge is 0.480 e. The molecular formula is C22H33ClN3O13P. The molecule has 1 aliphatic rings. The molecule has 1 amide bonds. The van der Waals surface area contributed by atoms with Crippen LogP contribution in [-0.4, -0.2) is 76.1 Å². The number of nitrogens with zero attached hydrogens (tertiary/aromatic N) is 2. The van der Waals surface area contributed by atoms with E-state index in [1.807, 2.05) is 0 Å². The van der Waals surface area contributed by atoms with E-state index in [4.69, 9.17) is 45.1 Å². The second kappa shape index (κ2) is 13.0. The van der Waals surface area contributed by atoms with Gasteiger partial charge in [-0.05, 0) is 41.5 Å². The van der Waals surface area contributed by atoms with Gasteiger partial charge in [-0.3, -0.25) is 28.3 Å². The first-order chi connectivity index (χ1) is 18.3. The summed E-state index contributed by atoms with van der Waals surface area (Å²) in [5.74, 6) is -2.59. The fraction of sp³-hybridized carbons (Fsp3) is 0.682. The van der Waals surface area contributed by atoms with Crippen molar-refractivity contribution in [3.05, 3.63) is 27.4 Å². The average Bonchev–Trinajstić information content (AvgIpc) is 3.11. The van der Waals surface area contributed by atoms with Gasteiger partial charge in [-0.15, -0.1) is 0 Å². The molecule has 4 atom stereocenters. The first-order valence-corrected chi connectivity index (χ1v) is 13.6. The molecule has 226 valence electrons. The monoisotopic (exact) mass is 613 g/mol. The average molecular weight is 614 g/mol. The molecule has 1 aromatic rings. The maximum atomic E-state index is 13.2. The number of nitrogens with two attached hydrogens (primary N) is 1. The number of aliphatic hydroxyl groups excluding tert-OH is 2. The Hall–Kier alpha value is -2.43. The van der Waals surface area contributed by atoms with Gasteiger partial charge in [-0.2, -0.15) is 0 Å². The molecule has 0 radical (unpaired) electrons. The highest BCUT2D eigenvalue weighted by Crippen LogP contribution is 2.50. The molecule has 40 heavy (non-hydrogen) atoms. The quantitative estimate of drug-likeness (QED) is 0.179. The number of ether oxygens (including phenoxy) is 3. The zero-order valence-corrected chi connectivity index (χ0v) is 24.3. The number of rotatable bonds is 11. The van der Waals surface area contributed by atoms with E-state index in [1.54, 1.807) is 41.5 Å². The minimum Gasteiger partial charge on any atom is -0.437 e. The van der Waals surface area contributed by atoms with Crippen LogP contribution in [0.1, 0.15) is 58.3 Å². The lowest BCUT2D eigenvalue weighted by Crippen LogP contribution is -2.38. The van der Waals surface area contributed by atoms with Crippen molar-refractivity contribution in [2.45, 2.75) is 66.1 Å². The Morgan fingerprint density at radius 2 is 1.52 bits per heavy atom. The number of aromatic nitrogens is 2. The van der Waals surface area contributed by atoms with Crippen molar-refractivity contribution in [3.63, 3.8) is 0 Å². The van der Waals surface area contributed by atoms with E-state index in [0.717, 1.165) is 6.20 Å². The third-order valence-corrected chi connectivity index (χ3v) is 6.66. The Bertz CT molecular complexity index is 1170. The number of aliphatic hydroxyl groups is 2. The van der Waals surface area contributed by atoms with Crippen LogP contribution in [0.2, 0.25) is 5.15 Å². The Balaban J connectivity index is 2.17. The number of hydrogen-bond donors (Lipinski definition) is 3. The number of halogens is 1. The minimum atomic E-state index is -4.65. The van der Waals surface area contributed by atoms with Gasteiger partial charge in [0.2, 0.25) is 13.6 Å². The molecular weight excluding hydrogens is 581 g/mol. The van der Waals surface area contributed by atoms with E-state index in [-0.39, 0.29) is 5.15 Å². The van der Waals surface area contributed by atoms with E-state index in [2.05, 4.69) is 4.98 Å². The SMILES string of the molecule is CC(C)(C)C(=O)OCOP(=O)(OCOC(=O)C(C)(C)C)OCC1OC(n2cc(Cl)nc(C(N)=O)c2=O)C(O)C1O. The zero-order valence-electron chi connectivity index (χ0n) is 22.7. The maximum Gasteiger partial charge on any atom is 0.480 e. The van der Waals surface area contributed by atoms with Crippen molar-refractivity contribution < 1.29 is 56.9 Å². The molecule has 2 heterocycles. The Morgan fingerprint density at radius 3 is 1.98 bits per heavy atom. The molecule has 0 spiro atoms. The number of phosphoric acid groups is 1. The predicted molar refractivity (Wildman–Crippen MR) is 135 cm³/mol. The highest BCUT2D eigenvalue weighted by atomic mass is 35.5. The molecule has 0 aromatic carbocycles. The van der Waals surface area contributed by atoms with Gasteiger partial charge in [-0.1, -0.05) is 11.6 Å². The minimum absolute atomic E-state index is 0.334. The van der Waals surface area contributed by atoms with Crippen LogP contribution in [-0.2, 0) is 41.9 Å². The number of phosphoric ester groups is 1. The van der Waals surface area contributed by atoms with Crippen LogP contribution in [0, 0.1) is 10.8 Å². The van der Waals surface area contributed by atoms with Crippen LogP contribution in [0.3, 0.4) is 0 Å². The third kappa shape index (κ3) is 8.78. The number of esters is 2. The van der Waals surface area contributed by atoms with E-state index < -0.39 is 92.5 Å². The van der Waals surface area contributed by atoms with E-state index >= 15 is 0 Å². The van der Waals surface area contributed by atoms with Gasteiger partial charge in [-0.25, -0.2) is 18.6 Å². The van der Waals surface area contributed by atoms with Gasteiger partial charge >= 0.3 is 19.8 Å². The van der Waals surface area contributed by atoms with Crippen molar-refractivity contribution in [2.24, 2.45) is 16.6 Å². The first kappa shape index (κ1) is 33.8. The molecule has 0 bridgehead atoms. The normalized spacial score (nSPS) is 21.7. The zero-order chi connectivity index (χ0) is 30.6. The maximum absolute atomic E-state index is 13.2. The molecule has 16 nitrogen and oxygen atoms in total. The van der Waals surface area contributed by atoms with Crippen LogP contribution in [0.4, 0.5) is 0 Å². The molecule has 1 saturated heterocycles. The van der Waals surface area contributed by atoms with Crippen LogP contribution < -0.4 is 11.3 Å². The van der Waals surface area contributed by atoms with Crippen molar-refractivity contribution in [1.29, 1.82) is 0 Å². The highest BCUT2D eigenvalue weighted by Gasteiger charge is 2.46. The van der Waals surface area contributed by atoms with Crippen molar-refractivity contribution in [1.82, 2.24) is 9.55 Å². The summed E-state index contributed by atoms with van der Waals surface area (Å²) < 4.78 is 44.5. The molecule has 4 N–H and O–H groups in total. The lowest BCUT2D eigenvalue weighted by Gasteiger charge is -2.23. The van der Waals surface area contributed by atoms with Crippen molar-refractivity contribution >= 4 is 37.3 Å². The highest BCUT2D eigenvalue weighted by molar-refractivity contribution is 7.48. The molecule has 1 aromatic heterocycles. The standard InChI is InChI=1S/C22H33ClN3O13P/c1-21(2,3)19(31)34-9-37-40(33,38-10-35-20(32)22(4,5)6)36-8-11-14(27)15(28)18(39-11)26-7-12(23)25-13(16(24)29)17(26)30/h7,11,14-15,18,27-28H,8-10H2,1-6H3,(H2,24,29). The fourth-order valence-electron chi connectivity index (χ4n) is 2.92. The molecule has 0 aliphatic carbocycles.